The first kappa shape index (κ1) is 40.9. The lowest BCUT2D eigenvalue weighted by molar-refractivity contribution is -0.858. The zero-order valence-electron chi connectivity index (χ0n) is 29.2. The van der Waals surface area contributed by atoms with E-state index in [1.54, 1.807) is 0 Å². The average Bonchev–Trinajstić information content (AvgIpc) is 2.97. The lowest BCUT2D eigenvalue weighted by Gasteiger charge is -2.18. The molecule has 0 aromatic carbocycles. The van der Waals surface area contributed by atoms with Crippen molar-refractivity contribution in [2.24, 2.45) is 0 Å². The lowest BCUT2D eigenvalue weighted by Crippen LogP contribution is -3.05. The molecule has 0 saturated carbocycles. The Bertz CT molecular complexity index is 559. The minimum Gasteiger partial charge on any atom is -0.462 e. The third kappa shape index (κ3) is 33.4. The van der Waals surface area contributed by atoms with Crippen molar-refractivity contribution in [1.82, 2.24) is 0 Å². The summed E-state index contributed by atoms with van der Waals surface area (Å²) < 4.78 is 6.00. The van der Waals surface area contributed by atoms with E-state index in [-0.39, 0.29) is 12.1 Å². The third-order valence-electron chi connectivity index (χ3n) is 8.43. The van der Waals surface area contributed by atoms with Crippen molar-refractivity contribution in [2.75, 3.05) is 20.6 Å². The van der Waals surface area contributed by atoms with Crippen LogP contribution < -0.4 is 4.90 Å². The number of rotatable bonds is 33. The second-order valence-corrected chi connectivity index (χ2v) is 13.2. The van der Waals surface area contributed by atoms with Crippen LogP contribution in [0.3, 0.4) is 0 Å². The van der Waals surface area contributed by atoms with Crippen LogP contribution in [0.15, 0.2) is 24.3 Å². The molecular weight excluding hydrogens is 514 g/mol. The molecule has 0 saturated heterocycles. The van der Waals surface area contributed by atoms with Crippen molar-refractivity contribution in [3.8, 4) is 0 Å². The smallest absolute Gasteiger partial charge is 0.306 e. The largest absolute Gasteiger partial charge is 0.462 e. The fourth-order valence-electron chi connectivity index (χ4n) is 5.63. The Kier molecular flexibility index (Phi) is 33.5. The minimum absolute atomic E-state index is 0.0260. The van der Waals surface area contributed by atoms with Gasteiger partial charge in [0.1, 0.15) is 6.10 Å². The van der Waals surface area contributed by atoms with Gasteiger partial charge in [-0.25, -0.2) is 0 Å². The Morgan fingerprint density at radius 3 is 1.26 bits per heavy atom. The van der Waals surface area contributed by atoms with Gasteiger partial charge in [-0.1, -0.05) is 128 Å². The highest BCUT2D eigenvalue weighted by atomic mass is 16.5. The number of ether oxygens (including phenoxy) is 1. The van der Waals surface area contributed by atoms with Gasteiger partial charge in [0.15, 0.2) is 0 Å². The van der Waals surface area contributed by atoms with E-state index in [0.717, 1.165) is 25.8 Å². The standard InChI is InChI=1S/C39H75NO2/c1-5-7-9-11-13-15-17-19-21-23-25-27-29-31-34-38(42-39(41)36-33-37-40(3)4)35-32-30-28-26-24-22-20-18-16-14-12-10-8-6-2/h15-18,38H,5-14,19-37H2,1-4H3/p+1/b17-15-,18-16-. The molecule has 248 valence electrons. The summed E-state index contributed by atoms with van der Waals surface area (Å²) in [6, 6.07) is 0. The molecule has 42 heavy (non-hydrogen) atoms. The molecule has 0 radical (unpaired) electrons. The summed E-state index contributed by atoms with van der Waals surface area (Å²) in [5, 5.41) is 0. The molecule has 0 bridgehead atoms. The van der Waals surface area contributed by atoms with Gasteiger partial charge in [-0.3, -0.25) is 4.79 Å². The van der Waals surface area contributed by atoms with Crippen LogP contribution in [0.2, 0.25) is 0 Å². The Hall–Kier alpha value is -1.09. The van der Waals surface area contributed by atoms with Gasteiger partial charge in [-0.15, -0.1) is 0 Å². The molecular formula is C39H76NO2+. The van der Waals surface area contributed by atoms with Crippen LogP contribution in [0.5, 0.6) is 0 Å². The van der Waals surface area contributed by atoms with Crippen LogP contribution in [-0.4, -0.2) is 32.7 Å². The number of allylic oxidation sites excluding steroid dienone is 4. The summed E-state index contributed by atoms with van der Waals surface area (Å²) in [6.45, 7) is 5.58. The number of unbranched alkanes of at least 4 members (excludes halogenated alkanes) is 20. The number of nitrogens with one attached hydrogen (secondary N) is 1. The molecule has 0 aliphatic rings. The van der Waals surface area contributed by atoms with Gasteiger partial charge >= 0.3 is 5.97 Å². The molecule has 0 rings (SSSR count). The molecule has 0 aliphatic heterocycles. The second-order valence-electron chi connectivity index (χ2n) is 13.2. The average molecular weight is 591 g/mol. The van der Waals surface area contributed by atoms with Gasteiger partial charge in [-0.05, 0) is 77.0 Å². The van der Waals surface area contributed by atoms with Crippen molar-refractivity contribution >= 4 is 5.97 Å². The number of carbonyl (C=O) groups excluding carboxylic acids is 1. The Morgan fingerprint density at radius 1 is 0.524 bits per heavy atom. The van der Waals surface area contributed by atoms with E-state index >= 15 is 0 Å². The highest BCUT2D eigenvalue weighted by Crippen LogP contribution is 2.18. The Morgan fingerprint density at radius 2 is 0.881 bits per heavy atom. The molecule has 0 aliphatic carbocycles. The summed E-state index contributed by atoms with van der Waals surface area (Å²) in [7, 11) is 4.29. The molecule has 0 aromatic heterocycles. The Balaban J connectivity index is 3.99. The molecule has 0 spiro atoms. The molecule has 0 heterocycles. The Labute approximate surface area is 264 Å². The number of hydrogen-bond donors (Lipinski definition) is 1. The van der Waals surface area contributed by atoms with E-state index in [1.165, 1.54) is 159 Å². The van der Waals surface area contributed by atoms with Crippen molar-refractivity contribution in [3.63, 3.8) is 0 Å². The molecule has 3 heteroatoms. The minimum atomic E-state index is 0.0260. The predicted molar refractivity (Wildman–Crippen MR) is 186 cm³/mol. The van der Waals surface area contributed by atoms with Gasteiger partial charge < -0.3 is 9.64 Å². The molecule has 0 atom stereocenters. The van der Waals surface area contributed by atoms with Gasteiger partial charge in [0.05, 0.1) is 27.1 Å². The quantitative estimate of drug-likeness (QED) is 0.0468. The van der Waals surface area contributed by atoms with Crippen LogP contribution in [0.4, 0.5) is 0 Å². The molecule has 0 fully saturated rings. The summed E-state index contributed by atoms with van der Waals surface area (Å²) in [5.41, 5.74) is 0. The van der Waals surface area contributed by atoms with Crippen LogP contribution >= 0.6 is 0 Å². The lowest BCUT2D eigenvalue weighted by atomic mass is 10.0. The van der Waals surface area contributed by atoms with Crippen LogP contribution in [-0.2, 0) is 9.53 Å². The number of esters is 1. The normalized spacial score (nSPS) is 12.0. The van der Waals surface area contributed by atoms with Crippen LogP contribution in [0.1, 0.15) is 194 Å². The first-order chi connectivity index (χ1) is 20.6. The van der Waals surface area contributed by atoms with Gasteiger partial charge in [0, 0.05) is 6.42 Å². The van der Waals surface area contributed by atoms with Gasteiger partial charge in [-0.2, -0.15) is 0 Å². The summed E-state index contributed by atoms with van der Waals surface area (Å²) in [4.78, 5) is 13.9. The molecule has 0 amide bonds. The van der Waals surface area contributed by atoms with E-state index < -0.39 is 0 Å². The number of hydrogen-bond acceptors (Lipinski definition) is 2. The van der Waals surface area contributed by atoms with Crippen molar-refractivity contribution in [1.29, 1.82) is 0 Å². The van der Waals surface area contributed by atoms with E-state index in [9.17, 15) is 4.79 Å². The summed E-state index contributed by atoms with van der Waals surface area (Å²) >= 11 is 0. The zero-order chi connectivity index (χ0) is 30.8. The first-order valence-electron chi connectivity index (χ1n) is 18.9. The van der Waals surface area contributed by atoms with Crippen molar-refractivity contribution in [2.45, 2.75) is 200 Å². The topological polar surface area (TPSA) is 30.7 Å². The second kappa shape index (κ2) is 34.4. The van der Waals surface area contributed by atoms with E-state index in [0.29, 0.717) is 6.42 Å². The van der Waals surface area contributed by atoms with Gasteiger partial charge in [0.25, 0.3) is 0 Å². The van der Waals surface area contributed by atoms with E-state index in [2.05, 4.69) is 52.2 Å². The fourth-order valence-corrected chi connectivity index (χ4v) is 5.63. The van der Waals surface area contributed by atoms with Crippen molar-refractivity contribution in [3.05, 3.63) is 24.3 Å². The summed E-state index contributed by atoms with van der Waals surface area (Å²) in [6.07, 6.45) is 44.9. The highest BCUT2D eigenvalue weighted by Gasteiger charge is 2.14. The van der Waals surface area contributed by atoms with Crippen LogP contribution in [0, 0.1) is 0 Å². The van der Waals surface area contributed by atoms with Gasteiger partial charge in [0.2, 0.25) is 0 Å². The third-order valence-corrected chi connectivity index (χ3v) is 8.43. The van der Waals surface area contributed by atoms with E-state index in [4.69, 9.17) is 4.74 Å². The first-order valence-corrected chi connectivity index (χ1v) is 18.9. The number of carbonyl (C=O) groups is 1. The highest BCUT2D eigenvalue weighted by molar-refractivity contribution is 5.69. The SMILES string of the molecule is CCCCCC/C=C\CCCCCCCCC(CCCCCCCC/C=C\CCCCCC)OC(=O)CCC[NH+](C)C. The number of quaternary nitrogens is 1. The predicted octanol–water partition coefficient (Wildman–Crippen LogP) is 11.1. The van der Waals surface area contributed by atoms with Crippen LogP contribution in [0.25, 0.3) is 0 Å². The summed E-state index contributed by atoms with van der Waals surface area (Å²) in [5.74, 6) is 0.0260. The molecule has 3 nitrogen and oxygen atoms in total. The molecule has 1 N–H and O–H groups in total. The maximum atomic E-state index is 12.5. The molecule has 0 unspecified atom stereocenters. The maximum absolute atomic E-state index is 12.5. The van der Waals surface area contributed by atoms with E-state index in [1.807, 2.05) is 0 Å². The van der Waals surface area contributed by atoms with Crippen molar-refractivity contribution < 1.29 is 14.4 Å². The monoisotopic (exact) mass is 591 g/mol. The maximum Gasteiger partial charge on any atom is 0.306 e. The fraction of sp³-hybridized carbons (Fsp3) is 0.872. The molecule has 0 aromatic rings. The zero-order valence-corrected chi connectivity index (χ0v) is 29.2.